The minimum absolute atomic E-state index is 0.0670. The molecule has 34 heavy (non-hydrogen) atoms. The van der Waals surface area contributed by atoms with Gasteiger partial charge >= 0.3 is 0 Å². The van der Waals surface area contributed by atoms with Gasteiger partial charge in [0.15, 0.2) is 11.6 Å². The molecule has 0 radical (unpaired) electrons. The average Bonchev–Trinajstić information content (AvgIpc) is 2.78. The monoisotopic (exact) mass is 501 g/mol. The summed E-state index contributed by atoms with van der Waals surface area (Å²) >= 11 is 3.01. The molecule has 2 rings (SSSR count). The van der Waals surface area contributed by atoms with E-state index in [0.29, 0.717) is 16.7 Å². The van der Waals surface area contributed by atoms with E-state index in [1.807, 2.05) is 13.8 Å². The van der Waals surface area contributed by atoms with Gasteiger partial charge in [-0.3, -0.25) is 19.7 Å². The maximum Gasteiger partial charge on any atom is 0.270 e. The van der Waals surface area contributed by atoms with Gasteiger partial charge in [0.05, 0.1) is 15.8 Å². The summed E-state index contributed by atoms with van der Waals surface area (Å²) in [7, 11) is 0. The van der Waals surface area contributed by atoms with Crippen molar-refractivity contribution in [3.8, 4) is 11.5 Å². The number of hydrogen-bond donors (Lipinski definition) is 1. The molecule has 2 aromatic carbocycles. The summed E-state index contributed by atoms with van der Waals surface area (Å²) in [5.74, 6) is 0.721. The number of phenolic OH excluding ortho intramolecular Hbond substituents is 1. The molecule has 1 N–H and O–H groups in total. The highest BCUT2D eigenvalue weighted by Crippen LogP contribution is 2.40. The van der Waals surface area contributed by atoms with E-state index in [-0.39, 0.29) is 40.9 Å². The number of nitro benzene ring substituents is 1. The van der Waals surface area contributed by atoms with Crippen LogP contribution < -0.4 is 4.74 Å². The zero-order valence-corrected chi connectivity index (χ0v) is 21.1. The first-order valence-electron chi connectivity index (χ1n) is 10.7. The van der Waals surface area contributed by atoms with E-state index in [1.165, 1.54) is 60.8 Å². The molecule has 7 nitrogen and oxygen atoms in total. The van der Waals surface area contributed by atoms with Gasteiger partial charge in [-0.05, 0) is 54.7 Å². The third-order valence-electron chi connectivity index (χ3n) is 4.53. The standard InChI is InChI=1S/C25H27NO6S2/c1-5-32-22-15-18(14-21(29)23(22)16(4)27)24(25(33-6-2)34-7-3)20(28)12-11-17-9-8-10-19(13-17)26(30)31/h8-15,29H,5-7H2,1-4H3/b12-11+. The fourth-order valence-electron chi connectivity index (χ4n) is 3.17. The molecule has 0 amide bonds. The number of carbonyl (C=O) groups excluding carboxylic acids is 2. The lowest BCUT2D eigenvalue weighted by atomic mass is 9.98. The number of ketones is 2. The van der Waals surface area contributed by atoms with Crippen LogP contribution in [0.1, 0.15) is 49.2 Å². The van der Waals surface area contributed by atoms with Crippen LogP contribution in [-0.4, -0.2) is 39.7 Å². The summed E-state index contributed by atoms with van der Waals surface area (Å²) in [6.07, 6.45) is 2.88. The quantitative estimate of drug-likeness (QED) is 0.155. The summed E-state index contributed by atoms with van der Waals surface area (Å²) in [6.45, 7) is 7.34. The molecule has 0 saturated heterocycles. The summed E-state index contributed by atoms with van der Waals surface area (Å²) in [5, 5.41) is 21.7. The van der Waals surface area contributed by atoms with Crippen molar-refractivity contribution in [2.24, 2.45) is 0 Å². The van der Waals surface area contributed by atoms with Crippen LogP contribution in [0.25, 0.3) is 11.6 Å². The van der Waals surface area contributed by atoms with Crippen molar-refractivity contribution in [3.63, 3.8) is 0 Å². The van der Waals surface area contributed by atoms with Crippen LogP contribution in [0.4, 0.5) is 5.69 Å². The van der Waals surface area contributed by atoms with Crippen LogP contribution in [0.5, 0.6) is 11.5 Å². The molecule has 0 unspecified atom stereocenters. The van der Waals surface area contributed by atoms with E-state index < -0.39 is 4.92 Å². The highest BCUT2D eigenvalue weighted by atomic mass is 32.2. The number of phenols is 1. The van der Waals surface area contributed by atoms with Crippen molar-refractivity contribution in [2.45, 2.75) is 27.7 Å². The Morgan fingerprint density at radius 2 is 1.79 bits per heavy atom. The minimum atomic E-state index is -0.493. The van der Waals surface area contributed by atoms with Gasteiger partial charge in [0.25, 0.3) is 5.69 Å². The van der Waals surface area contributed by atoms with Crippen LogP contribution in [0, 0.1) is 10.1 Å². The molecule has 0 heterocycles. The lowest BCUT2D eigenvalue weighted by Gasteiger charge is -2.16. The molecular weight excluding hydrogens is 474 g/mol. The topological polar surface area (TPSA) is 107 Å². The SMILES string of the molecule is CCOc1cc(C(C(=O)/C=C/c2cccc([N+](=O)[O-])c2)=C(SCC)SCC)cc(O)c1C(C)=O. The third-order valence-corrected chi connectivity index (χ3v) is 6.75. The number of thioether (sulfide) groups is 2. The number of nitro groups is 1. The van der Waals surface area contributed by atoms with Crippen molar-refractivity contribution in [1.29, 1.82) is 0 Å². The molecule has 0 aromatic heterocycles. The number of aromatic hydroxyl groups is 1. The van der Waals surface area contributed by atoms with Crippen molar-refractivity contribution < 1.29 is 24.4 Å². The average molecular weight is 502 g/mol. The normalized spacial score (nSPS) is 10.8. The van der Waals surface area contributed by atoms with E-state index in [9.17, 15) is 24.8 Å². The highest BCUT2D eigenvalue weighted by molar-refractivity contribution is 8.22. The smallest absolute Gasteiger partial charge is 0.270 e. The molecule has 0 atom stereocenters. The Bertz CT molecular complexity index is 1130. The fourth-order valence-corrected chi connectivity index (χ4v) is 5.46. The first-order valence-corrected chi connectivity index (χ1v) is 12.7. The number of allylic oxidation sites excluding steroid dienone is 2. The fraction of sp³-hybridized carbons (Fsp3) is 0.280. The molecule has 180 valence electrons. The van der Waals surface area contributed by atoms with E-state index in [4.69, 9.17) is 4.74 Å². The van der Waals surface area contributed by atoms with Gasteiger partial charge in [0, 0.05) is 17.7 Å². The summed E-state index contributed by atoms with van der Waals surface area (Å²) < 4.78 is 6.38. The largest absolute Gasteiger partial charge is 0.507 e. The van der Waals surface area contributed by atoms with E-state index >= 15 is 0 Å². The molecule has 0 aliphatic heterocycles. The zero-order chi connectivity index (χ0) is 25.3. The first-order chi connectivity index (χ1) is 16.2. The number of carbonyl (C=O) groups is 2. The van der Waals surface area contributed by atoms with Gasteiger partial charge in [-0.15, -0.1) is 23.5 Å². The number of Topliss-reactive ketones (excluding diaryl/α,β-unsaturated/α-hetero) is 1. The molecule has 0 fully saturated rings. The molecule has 0 bridgehead atoms. The number of benzene rings is 2. The number of non-ortho nitro benzene ring substituents is 1. The second-order valence-corrected chi connectivity index (χ2v) is 9.74. The van der Waals surface area contributed by atoms with Crippen molar-refractivity contribution in [2.75, 3.05) is 18.1 Å². The van der Waals surface area contributed by atoms with Gasteiger partial charge in [0.2, 0.25) is 0 Å². The summed E-state index contributed by atoms with van der Waals surface area (Å²) in [4.78, 5) is 36.1. The van der Waals surface area contributed by atoms with Crippen LogP contribution in [0.15, 0.2) is 46.7 Å². The van der Waals surface area contributed by atoms with Crippen LogP contribution in [-0.2, 0) is 4.79 Å². The van der Waals surface area contributed by atoms with Gasteiger partial charge < -0.3 is 9.84 Å². The van der Waals surface area contributed by atoms with Crippen molar-refractivity contribution in [1.82, 2.24) is 0 Å². The van der Waals surface area contributed by atoms with Gasteiger partial charge in [0.1, 0.15) is 17.1 Å². The molecule has 9 heteroatoms. The van der Waals surface area contributed by atoms with Crippen molar-refractivity contribution in [3.05, 3.63) is 73.5 Å². The number of ether oxygens (including phenoxy) is 1. The molecule has 0 aliphatic rings. The Morgan fingerprint density at radius 1 is 1.12 bits per heavy atom. The van der Waals surface area contributed by atoms with E-state index in [2.05, 4.69) is 0 Å². The maximum absolute atomic E-state index is 13.4. The predicted molar refractivity (Wildman–Crippen MR) is 140 cm³/mol. The Labute approximate surface area is 207 Å². The number of rotatable bonds is 12. The Balaban J connectivity index is 2.65. The Morgan fingerprint density at radius 3 is 2.35 bits per heavy atom. The maximum atomic E-state index is 13.4. The highest BCUT2D eigenvalue weighted by Gasteiger charge is 2.22. The van der Waals surface area contributed by atoms with Gasteiger partial charge in [-0.2, -0.15) is 0 Å². The molecular formula is C25H27NO6S2. The lowest BCUT2D eigenvalue weighted by Crippen LogP contribution is -2.05. The van der Waals surface area contributed by atoms with Crippen molar-refractivity contribution >= 4 is 52.4 Å². The minimum Gasteiger partial charge on any atom is -0.507 e. The van der Waals surface area contributed by atoms with E-state index in [0.717, 1.165) is 15.7 Å². The Hall–Kier alpha value is -3.04. The second-order valence-electron chi connectivity index (χ2n) is 6.94. The molecule has 0 spiro atoms. The number of nitrogens with zero attached hydrogens (tertiary/aromatic N) is 1. The second kappa shape index (κ2) is 13.0. The molecule has 0 aliphatic carbocycles. The van der Waals surface area contributed by atoms with E-state index in [1.54, 1.807) is 25.1 Å². The Kier molecular flexibility index (Phi) is 10.4. The van der Waals surface area contributed by atoms with Crippen LogP contribution >= 0.6 is 23.5 Å². The predicted octanol–water partition coefficient (Wildman–Crippen LogP) is 6.36. The number of hydrogen-bond acceptors (Lipinski definition) is 8. The summed E-state index contributed by atoms with van der Waals surface area (Å²) in [5.41, 5.74) is 1.31. The lowest BCUT2D eigenvalue weighted by molar-refractivity contribution is -0.384. The first kappa shape index (κ1) is 27.2. The third kappa shape index (κ3) is 6.98. The van der Waals surface area contributed by atoms with Gasteiger partial charge in [-0.1, -0.05) is 32.1 Å². The van der Waals surface area contributed by atoms with Crippen LogP contribution in [0.2, 0.25) is 0 Å². The van der Waals surface area contributed by atoms with Gasteiger partial charge in [-0.25, -0.2) is 0 Å². The van der Waals surface area contributed by atoms with Crippen LogP contribution in [0.3, 0.4) is 0 Å². The zero-order valence-electron chi connectivity index (χ0n) is 19.5. The molecule has 2 aromatic rings. The summed E-state index contributed by atoms with van der Waals surface area (Å²) in [6, 6.07) is 8.99. The molecule has 0 saturated carbocycles.